The molecule has 0 radical (unpaired) electrons. The second-order valence-corrected chi connectivity index (χ2v) is 5.06. The lowest BCUT2D eigenvalue weighted by Gasteiger charge is -2.12. The maximum Gasteiger partial charge on any atom is 0.387 e. The molecule has 136 valence electrons. The van der Waals surface area contributed by atoms with Gasteiger partial charge in [0.2, 0.25) is 0 Å². The van der Waals surface area contributed by atoms with Crippen LogP contribution in [0.5, 0.6) is 17.2 Å². The minimum Gasteiger partial charge on any atom is -0.493 e. The topological polar surface area (TPSA) is 80.6 Å². The third-order valence-electron chi connectivity index (χ3n) is 3.24. The molecule has 1 amide bonds. The smallest absolute Gasteiger partial charge is 0.387 e. The van der Waals surface area contributed by atoms with Crippen LogP contribution in [0.1, 0.15) is 5.56 Å². The standard InChI is InChI=1S/C18H16F2N2O4/c1-24-15-7-4-13(10-16(15)26-18(19)20)22-17(23)11-25-14-5-2-12(3-6-14)8-9-21/h2-7,10,18H,8,11H2,1H3,(H,22,23). The monoisotopic (exact) mass is 362 g/mol. The van der Waals surface area contributed by atoms with E-state index in [1.807, 2.05) is 6.07 Å². The first-order valence-electron chi connectivity index (χ1n) is 7.53. The van der Waals surface area contributed by atoms with Gasteiger partial charge in [-0.1, -0.05) is 12.1 Å². The predicted octanol–water partition coefficient (Wildman–Crippen LogP) is 3.38. The molecule has 0 aliphatic carbocycles. The number of amides is 1. The van der Waals surface area contributed by atoms with Gasteiger partial charge < -0.3 is 19.5 Å². The van der Waals surface area contributed by atoms with Crippen molar-refractivity contribution in [2.45, 2.75) is 13.0 Å². The number of ether oxygens (including phenoxy) is 3. The first kappa shape index (κ1) is 19.0. The number of carbonyl (C=O) groups excluding carboxylic acids is 1. The molecule has 0 aliphatic rings. The lowest BCUT2D eigenvalue weighted by Crippen LogP contribution is -2.20. The molecule has 2 rings (SSSR count). The fourth-order valence-corrected chi connectivity index (χ4v) is 2.08. The van der Waals surface area contributed by atoms with Crippen LogP contribution >= 0.6 is 0 Å². The Kier molecular flexibility index (Phi) is 6.74. The average Bonchev–Trinajstić information content (AvgIpc) is 2.61. The fraction of sp³-hybridized carbons (Fsp3) is 0.222. The van der Waals surface area contributed by atoms with E-state index in [1.165, 1.54) is 25.3 Å². The van der Waals surface area contributed by atoms with Crippen molar-refractivity contribution in [1.29, 1.82) is 5.26 Å². The Morgan fingerprint density at radius 2 is 1.92 bits per heavy atom. The molecule has 0 saturated carbocycles. The molecule has 1 N–H and O–H groups in total. The number of halogens is 2. The highest BCUT2D eigenvalue weighted by Crippen LogP contribution is 2.31. The summed E-state index contributed by atoms with van der Waals surface area (Å²) in [5.41, 5.74) is 1.11. The van der Waals surface area contributed by atoms with E-state index < -0.39 is 12.5 Å². The molecule has 2 aromatic rings. The highest BCUT2D eigenvalue weighted by atomic mass is 19.3. The molecule has 0 aromatic heterocycles. The van der Waals surface area contributed by atoms with Crippen molar-refractivity contribution in [1.82, 2.24) is 0 Å². The van der Waals surface area contributed by atoms with Crippen molar-refractivity contribution in [3.8, 4) is 23.3 Å². The molecule has 8 heteroatoms. The van der Waals surface area contributed by atoms with E-state index in [4.69, 9.17) is 14.7 Å². The molecule has 0 unspecified atom stereocenters. The number of alkyl halides is 2. The van der Waals surface area contributed by atoms with Crippen LogP contribution in [-0.4, -0.2) is 26.2 Å². The van der Waals surface area contributed by atoms with Crippen LogP contribution in [0.2, 0.25) is 0 Å². The number of methoxy groups -OCH3 is 1. The largest absolute Gasteiger partial charge is 0.493 e. The lowest BCUT2D eigenvalue weighted by molar-refractivity contribution is -0.118. The minimum absolute atomic E-state index is 0.122. The molecule has 0 aliphatic heterocycles. The number of hydrogen-bond acceptors (Lipinski definition) is 5. The van der Waals surface area contributed by atoms with Crippen LogP contribution < -0.4 is 19.5 Å². The number of rotatable bonds is 8. The van der Waals surface area contributed by atoms with E-state index in [-0.39, 0.29) is 23.8 Å². The van der Waals surface area contributed by atoms with Gasteiger partial charge in [-0.15, -0.1) is 0 Å². The molecule has 2 aromatic carbocycles. The quantitative estimate of drug-likeness (QED) is 0.779. The second kappa shape index (κ2) is 9.22. The molecule has 26 heavy (non-hydrogen) atoms. The van der Waals surface area contributed by atoms with E-state index in [0.717, 1.165) is 5.56 Å². The highest BCUT2D eigenvalue weighted by molar-refractivity contribution is 5.92. The SMILES string of the molecule is COc1ccc(NC(=O)COc2ccc(CC#N)cc2)cc1OC(F)F. The van der Waals surface area contributed by atoms with Crippen LogP contribution in [0.15, 0.2) is 42.5 Å². The van der Waals surface area contributed by atoms with Gasteiger partial charge in [-0.3, -0.25) is 4.79 Å². The summed E-state index contributed by atoms with van der Waals surface area (Å²) in [5.74, 6) is -0.0659. The summed E-state index contributed by atoms with van der Waals surface area (Å²) in [5, 5.41) is 11.1. The van der Waals surface area contributed by atoms with Crippen LogP contribution in [0.3, 0.4) is 0 Å². The Morgan fingerprint density at radius 1 is 1.19 bits per heavy atom. The van der Waals surface area contributed by atoms with Crippen LogP contribution in [0.25, 0.3) is 0 Å². The molecular weight excluding hydrogens is 346 g/mol. The average molecular weight is 362 g/mol. The van der Waals surface area contributed by atoms with E-state index >= 15 is 0 Å². The molecular formula is C18H16F2N2O4. The maximum atomic E-state index is 12.4. The Hall–Kier alpha value is -3.34. The zero-order valence-electron chi connectivity index (χ0n) is 13.9. The molecule has 0 bridgehead atoms. The van der Waals surface area contributed by atoms with Crippen LogP contribution in [0, 0.1) is 11.3 Å². The van der Waals surface area contributed by atoms with E-state index in [2.05, 4.69) is 10.1 Å². The van der Waals surface area contributed by atoms with E-state index in [1.54, 1.807) is 24.3 Å². The maximum absolute atomic E-state index is 12.4. The first-order chi connectivity index (χ1) is 12.5. The number of carbonyl (C=O) groups is 1. The summed E-state index contributed by atoms with van der Waals surface area (Å²) in [4.78, 5) is 11.9. The van der Waals surface area contributed by atoms with Gasteiger partial charge in [0.25, 0.3) is 5.91 Å². The second-order valence-electron chi connectivity index (χ2n) is 5.06. The Balaban J connectivity index is 1.93. The summed E-state index contributed by atoms with van der Waals surface area (Å²) >= 11 is 0. The number of nitriles is 1. The normalized spacial score (nSPS) is 10.1. The van der Waals surface area contributed by atoms with Gasteiger partial charge in [-0.2, -0.15) is 14.0 Å². The predicted molar refractivity (Wildman–Crippen MR) is 89.5 cm³/mol. The van der Waals surface area contributed by atoms with Crippen LogP contribution in [0.4, 0.5) is 14.5 Å². The minimum atomic E-state index is -3.01. The Morgan fingerprint density at radius 3 is 2.54 bits per heavy atom. The number of nitrogens with one attached hydrogen (secondary N) is 1. The van der Waals surface area contributed by atoms with Gasteiger partial charge in [-0.05, 0) is 29.8 Å². The van der Waals surface area contributed by atoms with Crippen molar-refractivity contribution in [3.05, 3.63) is 48.0 Å². The van der Waals surface area contributed by atoms with E-state index in [0.29, 0.717) is 12.2 Å². The van der Waals surface area contributed by atoms with Crippen molar-refractivity contribution < 1.29 is 27.8 Å². The molecule has 0 fully saturated rings. The van der Waals surface area contributed by atoms with Crippen LogP contribution in [-0.2, 0) is 11.2 Å². The van der Waals surface area contributed by atoms with Crippen molar-refractivity contribution in [3.63, 3.8) is 0 Å². The number of anilines is 1. The van der Waals surface area contributed by atoms with E-state index in [9.17, 15) is 13.6 Å². The zero-order valence-corrected chi connectivity index (χ0v) is 13.9. The summed E-state index contributed by atoms with van der Waals surface area (Å²) < 4.78 is 39.4. The first-order valence-corrected chi connectivity index (χ1v) is 7.53. The molecule has 0 spiro atoms. The lowest BCUT2D eigenvalue weighted by atomic mass is 10.2. The van der Waals surface area contributed by atoms with Gasteiger partial charge in [0.05, 0.1) is 19.6 Å². The van der Waals surface area contributed by atoms with Crippen molar-refractivity contribution in [2.24, 2.45) is 0 Å². The summed E-state index contributed by atoms with van der Waals surface area (Å²) in [7, 11) is 1.32. The molecule has 0 atom stereocenters. The van der Waals surface area contributed by atoms with Gasteiger partial charge in [0.1, 0.15) is 5.75 Å². The van der Waals surface area contributed by atoms with Gasteiger partial charge in [-0.25, -0.2) is 0 Å². The van der Waals surface area contributed by atoms with Gasteiger partial charge >= 0.3 is 6.61 Å². The summed E-state index contributed by atoms with van der Waals surface area (Å²) in [6, 6.07) is 12.9. The third kappa shape index (κ3) is 5.63. The Bertz CT molecular complexity index is 789. The molecule has 0 heterocycles. The van der Waals surface area contributed by atoms with Crippen molar-refractivity contribution in [2.75, 3.05) is 19.0 Å². The van der Waals surface area contributed by atoms with Gasteiger partial charge in [0, 0.05) is 11.8 Å². The van der Waals surface area contributed by atoms with Gasteiger partial charge in [0.15, 0.2) is 18.1 Å². The number of benzene rings is 2. The molecule has 0 saturated heterocycles. The number of hydrogen-bond donors (Lipinski definition) is 1. The fourth-order valence-electron chi connectivity index (χ4n) is 2.08. The summed E-state index contributed by atoms with van der Waals surface area (Å²) in [6.07, 6.45) is 0.293. The summed E-state index contributed by atoms with van der Waals surface area (Å²) in [6.45, 7) is -3.28. The highest BCUT2D eigenvalue weighted by Gasteiger charge is 2.12. The molecule has 6 nitrogen and oxygen atoms in total. The Labute approximate surface area is 148 Å². The zero-order chi connectivity index (χ0) is 18.9. The van der Waals surface area contributed by atoms with Crippen molar-refractivity contribution >= 4 is 11.6 Å². The number of nitrogens with zero attached hydrogens (tertiary/aromatic N) is 1. The third-order valence-corrected chi connectivity index (χ3v) is 3.24.